The number of rotatable bonds is 3. The molecule has 0 saturated heterocycles. The van der Waals surface area contributed by atoms with E-state index in [0.717, 1.165) is 30.8 Å². The van der Waals surface area contributed by atoms with Gasteiger partial charge in [-0.05, 0) is 17.5 Å². The fraction of sp³-hybridized carbons (Fsp3) is 0.238. The van der Waals surface area contributed by atoms with Gasteiger partial charge in [-0.25, -0.2) is 0 Å². The molecule has 2 atom stereocenters. The molecule has 0 amide bonds. The summed E-state index contributed by atoms with van der Waals surface area (Å²) in [5.41, 5.74) is 3.65. The second-order valence-electron chi connectivity index (χ2n) is 6.81. The van der Waals surface area contributed by atoms with Crippen molar-refractivity contribution in [3.05, 3.63) is 75.5 Å². The minimum absolute atomic E-state index is 0.222. The van der Waals surface area contributed by atoms with E-state index in [-0.39, 0.29) is 18.6 Å². The van der Waals surface area contributed by atoms with Crippen LogP contribution in [0.1, 0.15) is 27.6 Å². The van der Waals surface area contributed by atoms with Crippen molar-refractivity contribution in [1.29, 1.82) is 0 Å². The standard InChI is InChI=1S/C21H19NO3S/c23-17-11-19-18(24-13-25-19)10-15(17)12-22-8-6-20-16(7-9-26-20)21(22)14-4-2-1-3-5-14/h1-5,7,9-11,21,23H,6,8,12-13H2/p+1/t21-/m0/s1. The predicted molar refractivity (Wildman–Crippen MR) is 100 cm³/mol. The molecule has 3 heterocycles. The van der Waals surface area contributed by atoms with E-state index in [1.54, 1.807) is 6.07 Å². The third-order valence-corrected chi connectivity index (χ3v) is 6.29. The molecule has 1 unspecified atom stereocenters. The molecule has 0 bridgehead atoms. The minimum Gasteiger partial charge on any atom is -0.507 e. The maximum absolute atomic E-state index is 10.5. The van der Waals surface area contributed by atoms with Gasteiger partial charge in [-0.1, -0.05) is 30.3 Å². The Bertz CT molecular complexity index is 938. The van der Waals surface area contributed by atoms with Crippen LogP contribution in [0.2, 0.25) is 0 Å². The first-order valence-corrected chi connectivity index (χ1v) is 9.75. The predicted octanol–water partition coefficient (Wildman–Crippen LogP) is 2.91. The smallest absolute Gasteiger partial charge is 0.231 e. The van der Waals surface area contributed by atoms with Crippen LogP contribution in [0.5, 0.6) is 17.2 Å². The molecule has 0 fully saturated rings. The van der Waals surface area contributed by atoms with Gasteiger partial charge >= 0.3 is 0 Å². The number of ether oxygens (including phenoxy) is 2. The highest BCUT2D eigenvalue weighted by atomic mass is 32.1. The van der Waals surface area contributed by atoms with Crippen molar-refractivity contribution >= 4 is 11.3 Å². The van der Waals surface area contributed by atoms with Crippen LogP contribution in [0, 0.1) is 0 Å². The Kier molecular flexibility index (Phi) is 3.84. The van der Waals surface area contributed by atoms with E-state index >= 15 is 0 Å². The van der Waals surface area contributed by atoms with Gasteiger partial charge in [0.2, 0.25) is 6.79 Å². The van der Waals surface area contributed by atoms with Crippen LogP contribution in [0.3, 0.4) is 0 Å². The maximum atomic E-state index is 10.5. The summed E-state index contributed by atoms with van der Waals surface area (Å²) in [6.45, 7) is 2.01. The summed E-state index contributed by atoms with van der Waals surface area (Å²) in [5, 5.41) is 12.7. The molecule has 3 aromatic rings. The molecular formula is C21H20NO3S+. The summed E-state index contributed by atoms with van der Waals surface area (Å²) in [5.74, 6) is 1.63. The summed E-state index contributed by atoms with van der Waals surface area (Å²) in [6.07, 6.45) is 1.08. The van der Waals surface area contributed by atoms with E-state index in [1.165, 1.54) is 20.9 Å². The van der Waals surface area contributed by atoms with Gasteiger partial charge < -0.3 is 19.5 Å². The average Bonchev–Trinajstić information content (AvgIpc) is 3.31. The van der Waals surface area contributed by atoms with Crippen LogP contribution >= 0.6 is 11.3 Å². The van der Waals surface area contributed by atoms with Crippen molar-refractivity contribution in [3.63, 3.8) is 0 Å². The van der Waals surface area contributed by atoms with Crippen molar-refractivity contribution < 1.29 is 19.5 Å². The highest BCUT2D eigenvalue weighted by Crippen LogP contribution is 2.38. The Balaban J connectivity index is 1.52. The Hall–Kier alpha value is -2.50. The quantitative estimate of drug-likeness (QED) is 0.749. The molecular weight excluding hydrogens is 346 g/mol. The third kappa shape index (κ3) is 2.64. The number of phenols is 1. The Morgan fingerprint density at radius 3 is 2.73 bits per heavy atom. The largest absolute Gasteiger partial charge is 0.507 e. The van der Waals surface area contributed by atoms with E-state index in [2.05, 4.69) is 41.8 Å². The minimum atomic E-state index is 0.222. The van der Waals surface area contributed by atoms with Gasteiger partial charge in [0.05, 0.1) is 12.1 Å². The molecule has 132 valence electrons. The van der Waals surface area contributed by atoms with Crippen molar-refractivity contribution in [2.75, 3.05) is 13.3 Å². The summed E-state index contributed by atoms with van der Waals surface area (Å²) in [6, 6.07) is 16.8. The average molecular weight is 366 g/mol. The molecule has 2 aliphatic heterocycles. The first-order valence-electron chi connectivity index (χ1n) is 8.87. The summed E-state index contributed by atoms with van der Waals surface area (Å²) >= 11 is 1.85. The lowest BCUT2D eigenvalue weighted by atomic mass is 9.92. The number of nitrogens with one attached hydrogen (secondary N) is 1. The molecule has 5 rings (SSSR count). The van der Waals surface area contributed by atoms with Gasteiger partial charge in [-0.2, -0.15) is 0 Å². The number of phenolic OH excluding ortho intramolecular Hbond substituents is 1. The number of fused-ring (bicyclic) bond motifs is 2. The molecule has 2 aromatic carbocycles. The van der Waals surface area contributed by atoms with Crippen molar-refractivity contribution in [2.24, 2.45) is 0 Å². The van der Waals surface area contributed by atoms with Gasteiger partial charge in [0.1, 0.15) is 18.3 Å². The summed E-state index contributed by atoms with van der Waals surface area (Å²) in [4.78, 5) is 2.92. The summed E-state index contributed by atoms with van der Waals surface area (Å²) in [7, 11) is 0. The number of aromatic hydroxyl groups is 1. The van der Waals surface area contributed by atoms with Crippen molar-refractivity contribution in [2.45, 2.75) is 19.0 Å². The zero-order chi connectivity index (χ0) is 17.5. The molecule has 4 nitrogen and oxygen atoms in total. The number of thiophene rings is 1. The van der Waals surface area contributed by atoms with Gasteiger partial charge in [0, 0.05) is 28.5 Å². The summed E-state index contributed by atoms with van der Waals surface area (Å²) < 4.78 is 10.9. The zero-order valence-corrected chi connectivity index (χ0v) is 15.1. The van der Waals surface area contributed by atoms with E-state index in [0.29, 0.717) is 5.75 Å². The van der Waals surface area contributed by atoms with E-state index < -0.39 is 0 Å². The SMILES string of the molecule is Oc1cc2c(cc1C[NH+]1CCc3sccc3[C@@H]1c1ccccc1)OCO2. The molecule has 0 aliphatic carbocycles. The van der Waals surface area contributed by atoms with Gasteiger partial charge in [-0.15, -0.1) is 11.3 Å². The Labute approximate surface area is 156 Å². The molecule has 0 radical (unpaired) electrons. The topological polar surface area (TPSA) is 43.1 Å². The second-order valence-corrected chi connectivity index (χ2v) is 7.81. The van der Waals surface area contributed by atoms with Crippen molar-refractivity contribution in [1.82, 2.24) is 0 Å². The number of hydrogen-bond acceptors (Lipinski definition) is 4. The fourth-order valence-corrected chi connectivity index (χ4v) is 4.98. The molecule has 2 N–H and O–H groups in total. The number of quaternary nitrogens is 1. The van der Waals surface area contributed by atoms with Gasteiger partial charge in [-0.3, -0.25) is 0 Å². The lowest BCUT2D eigenvalue weighted by Gasteiger charge is -2.33. The third-order valence-electron chi connectivity index (χ3n) is 5.30. The van der Waals surface area contributed by atoms with Crippen LogP contribution in [0.15, 0.2) is 53.9 Å². The number of hydrogen-bond donors (Lipinski definition) is 2. The van der Waals surface area contributed by atoms with Crippen LogP contribution in [0.25, 0.3) is 0 Å². The zero-order valence-electron chi connectivity index (χ0n) is 14.3. The molecule has 5 heteroatoms. The fourth-order valence-electron chi connectivity index (χ4n) is 4.06. The van der Waals surface area contributed by atoms with Crippen LogP contribution in [-0.4, -0.2) is 18.4 Å². The van der Waals surface area contributed by atoms with E-state index in [4.69, 9.17) is 9.47 Å². The Morgan fingerprint density at radius 1 is 1.08 bits per heavy atom. The normalized spacial score (nSPS) is 20.8. The molecule has 1 aromatic heterocycles. The van der Waals surface area contributed by atoms with E-state index in [1.807, 2.05) is 17.4 Å². The lowest BCUT2D eigenvalue weighted by Crippen LogP contribution is -3.12. The first kappa shape index (κ1) is 15.7. The van der Waals surface area contributed by atoms with Crippen molar-refractivity contribution in [3.8, 4) is 17.2 Å². The van der Waals surface area contributed by atoms with Crippen LogP contribution in [0.4, 0.5) is 0 Å². The lowest BCUT2D eigenvalue weighted by molar-refractivity contribution is -0.941. The molecule has 26 heavy (non-hydrogen) atoms. The molecule has 0 saturated carbocycles. The van der Waals surface area contributed by atoms with Crippen LogP contribution < -0.4 is 14.4 Å². The second kappa shape index (κ2) is 6.34. The van der Waals surface area contributed by atoms with Gasteiger partial charge in [0.15, 0.2) is 11.5 Å². The Morgan fingerprint density at radius 2 is 1.88 bits per heavy atom. The molecule has 2 aliphatic rings. The van der Waals surface area contributed by atoms with Crippen LogP contribution in [-0.2, 0) is 13.0 Å². The molecule has 0 spiro atoms. The first-order chi connectivity index (χ1) is 12.8. The monoisotopic (exact) mass is 366 g/mol. The highest BCUT2D eigenvalue weighted by molar-refractivity contribution is 7.10. The maximum Gasteiger partial charge on any atom is 0.231 e. The van der Waals surface area contributed by atoms with Gasteiger partial charge in [0.25, 0.3) is 0 Å². The highest BCUT2D eigenvalue weighted by Gasteiger charge is 2.34. The number of benzene rings is 2. The van der Waals surface area contributed by atoms with E-state index in [9.17, 15) is 5.11 Å².